The Hall–Kier alpha value is -2.49. The summed E-state index contributed by atoms with van der Waals surface area (Å²) >= 11 is 0. The first-order chi connectivity index (χ1) is 12.1. The van der Waals surface area contributed by atoms with Crippen molar-refractivity contribution in [2.75, 3.05) is 7.11 Å². The van der Waals surface area contributed by atoms with Crippen LogP contribution in [0.3, 0.4) is 0 Å². The number of carbonyl (C=O) groups excluding carboxylic acids is 1. The van der Waals surface area contributed by atoms with E-state index in [0.717, 1.165) is 12.0 Å². The fourth-order valence-electron chi connectivity index (χ4n) is 2.59. The molecular formula is C21H27NO3. The number of hydrogen-bond donors (Lipinski definition) is 1. The number of amides is 1. The lowest BCUT2D eigenvalue weighted by molar-refractivity contribution is -0.128. The molecule has 4 heteroatoms. The van der Waals surface area contributed by atoms with Gasteiger partial charge in [-0.1, -0.05) is 44.2 Å². The molecule has 1 amide bonds. The fourth-order valence-corrected chi connectivity index (χ4v) is 2.59. The summed E-state index contributed by atoms with van der Waals surface area (Å²) in [4.78, 5) is 12.6. The number of hydrogen-bond acceptors (Lipinski definition) is 3. The van der Waals surface area contributed by atoms with Crippen LogP contribution in [-0.4, -0.2) is 19.1 Å². The van der Waals surface area contributed by atoms with Gasteiger partial charge in [0.25, 0.3) is 5.91 Å². The molecule has 0 bridgehead atoms. The molecule has 0 aliphatic heterocycles. The molecule has 0 aromatic heterocycles. The quantitative estimate of drug-likeness (QED) is 0.779. The average molecular weight is 341 g/mol. The van der Waals surface area contributed by atoms with Gasteiger partial charge in [0.15, 0.2) is 6.10 Å². The van der Waals surface area contributed by atoms with E-state index in [-0.39, 0.29) is 11.9 Å². The third-order valence-corrected chi connectivity index (χ3v) is 4.23. The third-order valence-electron chi connectivity index (χ3n) is 4.23. The van der Waals surface area contributed by atoms with E-state index < -0.39 is 6.10 Å². The summed E-state index contributed by atoms with van der Waals surface area (Å²) < 4.78 is 11.0. The van der Waals surface area contributed by atoms with E-state index in [9.17, 15) is 4.79 Å². The van der Waals surface area contributed by atoms with Crippen molar-refractivity contribution in [3.8, 4) is 11.5 Å². The van der Waals surface area contributed by atoms with Crippen LogP contribution in [0.2, 0.25) is 0 Å². The van der Waals surface area contributed by atoms with Crippen LogP contribution in [0.1, 0.15) is 44.4 Å². The van der Waals surface area contributed by atoms with Crippen molar-refractivity contribution < 1.29 is 14.3 Å². The minimum atomic E-state index is -0.538. The molecule has 1 N–H and O–H groups in total. The van der Waals surface area contributed by atoms with Crippen LogP contribution < -0.4 is 14.8 Å². The molecule has 0 unspecified atom stereocenters. The number of carbonyl (C=O) groups is 1. The Bertz CT molecular complexity index is 682. The molecule has 0 saturated carbocycles. The first-order valence-corrected chi connectivity index (χ1v) is 8.77. The largest absolute Gasteiger partial charge is 0.497 e. The molecule has 0 saturated heterocycles. The van der Waals surface area contributed by atoms with E-state index in [1.165, 1.54) is 5.56 Å². The van der Waals surface area contributed by atoms with Gasteiger partial charge in [-0.15, -0.1) is 0 Å². The average Bonchev–Trinajstić information content (AvgIpc) is 2.66. The molecule has 0 radical (unpaired) electrons. The standard InChI is InChI=1S/C21H27NO3/c1-5-16-10-12-17(13-11-16)15(3)22-21(23)20(6-2)25-19-9-7-8-18(14-19)24-4/h7-15,20H,5-6H2,1-4H3,(H,22,23)/t15-,20-/m1/s1. The summed E-state index contributed by atoms with van der Waals surface area (Å²) in [6.07, 6.45) is 1.06. The Morgan fingerprint density at radius 2 is 1.76 bits per heavy atom. The highest BCUT2D eigenvalue weighted by atomic mass is 16.5. The summed E-state index contributed by atoms with van der Waals surface area (Å²) in [6, 6.07) is 15.5. The van der Waals surface area contributed by atoms with Gasteiger partial charge in [-0.25, -0.2) is 0 Å². The highest BCUT2D eigenvalue weighted by molar-refractivity contribution is 5.81. The van der Waals surface area contributed by atoms with E-state index >= 15 is 0 Å². The summed E-state index contributed by atoms with van der Waals surface area (Å²) in [6.45, 7) is 6.05. The van der Waals surface area contributed by atoms with Crippen LogP contribution in [0, 0.1) is 0 Å². The van der Waals surface area contributed by atoms with Crippen molar-refractivity contribution in [1.29, 1.82) is 0 Å². The Balaban J connectivity index is 2.00. The van der Waals surface area contributed by atoms with Gasteiger partial charge < -0.3 is 14.8 Å². The predicted molar refractivity (Wildman–Crippen MR) is 100 cm³/mol. The molecule has 0 spiro atoms. The maximum absolute atomic E-state index is 12.6. The van der Waals surface area contributed by atoms with Crippen LogP contribution in [0.4, 0.5) is 0 Å². The van der Waals surface area contributed by atoms with Crippen molar-refractivity contribution in [2.24, 2.45) is 0 Å². The lowest BCUT2D eigenvalue weighted by Gasteiger charge is -2.21. The second-order valence-electron chi connectivity index (χ2n) is 6.02. The topological polar surface area (TPSA) is 47.6 Å². The Morgan fingerprint density at radius 1 is 1.08 bits per heavy atom. The van der Waals surface area contributed by atoms with Crippen molar-refractivity contribution >= 4 is 5.91 Å². The second kappa shape index (κ2) is 9.11. The normalized spacial score (nSPS) is 13.0. The lowest BCUT2D eigenvalue weighted by Crippen LogP contribution is -2.39. The number of aryl methyl sites for hydroxylation is 1. The number of benzene rings is 2. The van der Waals surface area contributed by atoms with E-state index in [2.05, 4.69) is 36.5 Å². The fraction of sp³-hybridized carbons (Fsp3) is 0.381. The summed E-state index contributed by atoms with van der Waals surface area (Å²) in [5.74, 6) is 1.22. The monoisotopic (exact) mass is 341 g/mol. The highest BCUT2D eigenvalue weighted by Gasteiger charge is 2.20. The lowest BCUT2D eigenvalue weighted by atomic mass is 10.0. The summed E-state index contributed by atoms with van der Waals surface area (Å²) in [5.41, 5.74) is 2.37. The maximum Gasteiger partial charge on any atom is 0.261 e. The molecule has 2 aromatic rings. The zero-order valence-electron chi connectivity index (χ0n) is 15.4. The SMILES string of the molecule is CCc1ccc([C@@H](C)NC(=O)[C@@H](CC)Oc2cccc(OC)c2)cc1. The van der Waals surface area contributed by atoms with Crippen LogP contribution in [-0.2, 0) is 11.2 Å². The molecule has 4 nitrogen and oxygen atoms in total. The zero-order chi connectivity index (χ0) is 18.2. The van der Waals surface area contributed by atoms with Gasteiger partial charge >= 0.3 is 0 Å². The Labute approximate surface area is 150 Å². The Kier molecular flexibility index (Phi) is 6.87. The van der Waals surface area contributed by atoms with Crippen LogP contribution in [0.5, 0.6) is 11.5 Å². The van der Waals surface area contributed by atoms with Crippen molar-refractivity contribution in [1.82, 2.24) is 5.32 Å². The van der Waals surface area contributed by atoms with Crippen molar-refractivity contribution in [2.45, 2.75) is 45.8 Å². The van der Waals surface area contributed by atoms with E-state index in [1.54, 1.807) is 13.2 Å². The highest BCUT2D eigenvalue weighted by Crippen LogP contribution is 2.21. The van der Waals surface area contributed by atoms with E-state index in [0.29, 0.717) is 17.9 Å². The predicted octanol–water partition coefficient (Wildman–Crippen LogP) is 4.29. The minimum absolute atomic E-state index is 0.0682. The second-order valence-corrected chi connectivity index (χ2v) is 6.02. The number of nitrogens with one attached hydrogen (secondary N) is 1. The molecule has 2 atom stereocenters. The van der Waals surface area contributed by atoms with Crippen molar-refractivity contribution in [3.63, 3.8) is 0 Å². The van der Waals surface area contributed by atoms with Gasteiger partial charge in [-0.2, -0.15) is 0 Å². The van der Waals surface area contributed by atoms with Gasteiger partial charge in [0.2, 0.25) is 0 Å². The van der Waals surface area contributed by atoms with Crippen LogP contribution in [0.15, 0.2) is 48.5 Å². The van der Waals surface area contributed by atoms with Crippen LogP contribution >= 0.6 is 0 Å². The first-order valence-electron chi connectivity index (χ1n) is 8.77. The third kappa shape index (κ3) is 5.24. The van der Waals surface area contributed by atoms with Crippen molar-refractivity contribution in [3.05, 3.63) is 59.7 Å². The van der Waals surface area contributed by atoms with Gasteiger partial charge in [-0.3, -0.25) is 4.79 Å². The Morgan fingerprint density at radius 3 is 2.36 bits per heavy atom. The maximum atomic E-state index is 12.6. The van der Waals surface area contributed by atoms with E-state index in [4.69, 9.17) is 9.47 Å². The molecular weight excluding hydrogens is 314 g/mol. The number of rotatable bonds is 8. The first kappa shape index (κ1) is 18.8. The van der Waals surface area contributed by atoms with E-state index in [1.807, 2.05) is 32.0 Å². The van der Waals surface area contributed by atoms with Gasteiger partial charge in [0.05, 0.1) is 13.2 Å². The number of methoxy groups -OCH3 is 1. The minimum Gasteiger partial charge on any atom is -0.497 e. The number of ether oxygens (including phenoxy) is 2. The molecule has 0 aliphatic rings. The molecule has 134 valence electrons. The molecule has 2 rings (SSSR count). The van der Waals surface area contributed by atoms with Gasteiger partial charge in [0, 0.05) is 6.07 Å². The smallest absolute Gasteiger partial charge is 0.261 e. The molecule has 0 fully saturated rings. The van der Waals surface area contributed by atoms with Gasteiger partial charge in [0.1, 0.15) is 11.5 Å². The molecule has 0 aliphatic carbocycles. The van der Waals surface area contributed by atoms with Crippen LogP contribution in [0.25, 0.3) is 0 Å². The molecule has 0 heterocycles. The summed E-state index contributed by atoms with van der Waals surface area (Å²) in [7, 11) is 1.61. The van der Waals surface area contributed by atoms with Gasteiger partial charge in [-0.05, 0) is 43.0 Å². The summed E-state index contributed by atoms with van der Waals surface area (Å²) in [5, 5.41) is 3.04. The molecule has 2 aromatic carbocycles. The zero-order valence-corrected chi connectivity index (χ0v) is 15.4. The molecule has 25 heavy (non-hydrogen) atoms.